The molecule has 3 heteroatoms. The first-order valence-corrected chi connectivity index (χ1v) is 7.74. The number of anilines is 1. The molecular formula is C17H26N2O. The van der Waals surface area contributed by atoms with Crippen molar-refractivity contribution in [1.82, 2.24) is 5.32 Å². The lowest BCUT2D eigenvalue weighted by molar-refractivity contribution is -0.114. The SMILES string of the molecule is CC(=O)Nc1ccccc1CNC1CCCC(C)CC1. The maximum absolute atomic E-state index is 11.2. The molecule has 1 fully saturated rings. The zero-order chi connectivity index (χ0) is 14.4. The summed E-state index contributed by atoms with van der Waals surface area (Å²) in [4.78, 5) is 11.2. The zero-order valence-corrected chi connectivity index (χ0v) is 12.6. The van der Waals surface area contributed by atoms with E-state index in [9.17, 15) is 4.79 Å². The first-order valence-electron chi connectivity index (χ1n) is 7.74. The lowest BCUT2D eigenvalue weighted by atomic mass is 10.0. The second-order valence-electron chi connectivity index (χ2n) is 6.03. The molecule has 110 valence electrons. The molecule has 20 heavy (non-hydrogen) atoms. The molecule has 0 heterocycles. The predicted molar refractivity (Wildman–Crippen MR) is 83.6 cm³/mol. The topological polar surface area (TPSA) is 41.1 Å². The Labute approximate surface area is 122 Å². The molecule has 0 spiro atoms. The second kappa shape index (κ2) is 7.44. The van der Waals surface area contributed by atoms with Crippen molar-refractivity contribution in [1.29, 1.82) is 0 Å². The maximum Gasteiger partial charge on any atom is 0.221 e. The van der Waals surface area contributed by atoms with Crippen molar-refractivity contribution < 1.29 is 4.79 Å². The van der Waals surface area contributed by atoms with Gasteiger partial charge in [-0.2, -0.15) is 0 Å². The molecule has 0 aliphatic heterocycles. The summed E-state index contributed by atoms with van der Waals surface area (Å²) < 4.78 is 0. The van der Waals surface area contributed by atoms with Crippen LogP contribution >= 0.6 is 0 Å². The molecule has 2 N–H and O–H groups in total. The summed E-state index contributed by atoms with van der Waals surface area (Å²) >= 11 is 0. The molecule has 0 aromatic heterocycles. The van der Waals surface area contributed by atoms with Crippen molar-refractivity contribution in [3.8, 4) is 0 Å². The number of para-hydroxylation sites is 1. The summed E-state index contributed by atoms with van der Waals surface area (Å²) in [5.41, 5.74) is 2.09. The van der Waals surface area contributed by atoms with E-state index in [1.165, 1.54) is 37.7 Å². The number of nitrogens with one attached hydrogen (secondary N) is 2. The fraction of sp³-hybridized carbons (Fsp3) is 0.588. The van der Waals surface area contributed by atoms with Crippen LogP contribution in [-0.2, 0) is 11.3 Å². The van der Waals surface area contributed by atoms with Crippen LogP contribution in [0.1, 0.15) is 51.5 Å². The van der Waals surface area contributed by atoms with Crippen molar-refractivity contribution >= 4 is 11.6 Å². The molecule has 0 radical (unpaired) electrons. The van der Waals surface area contributed by atoms with Crippen LogP contribution in [0.25, 0.3) is 0 Å². The van der Waals surface area contributed by atoms with Gasteiger partial charge >= 0.3 is 0 Å². The minimum Gasteiger partial charge on any atom is -0.326 e. The molecule has 2 unspecified atom stereocenters. The van der Waals surface area contributed by atoms with E-state index in [0.29, 0.717) is 6.04 Å². The second-order valence-corrected chi connectivity index (χ2v) is 6.03. The molecule has 2 rings (SSSR count). The van der Waals surface area contributed by atoms with Crippen LogP contribution in [0.15, 0.2) is 24.3 Å². The average molecular weight is 274 g/mol. The van der Waals surface area contributed by atoms with E-state index in [1.807, 2.05) is 18.2 Å². The fourth-order valence-electron chi connectivity index (χ4n) is 2.93. The minimum atomic E-state index is -0.0132. The van der Waals surface area contributed by atoms with Crippen LogP contribution in [0.2, 0.25) is 0 Å². The van der Waals surface area contributed by atoms with Crippen LogP contribution < -0.4 is 10.6 Å². The Hall–Kier alpha value is -1.35. The number of hydrogen-bond acceptors (Lipinski definition) is 2. The van der Waals surface area contributed by atoms with E-state index < -0.39 is 0 Å². The molecule has 3 nitrogen and oxygen atoms in total. The van der Waals surface area contributed by atoms with Gasteiger partial charge in [-0.15, -0.1) is 0 Å². The minimum absolute atomic E-state index is 0.0132. The van der Waals surface area contributed by atoms with Gasteiger partial charge in [0.15, 0.2) is 0 Å². The Kier molecular flexibility index (Phi) is 5.60. The molecule has 1 aliphatic carbocycles. The van der Waals surface area contributed by atoms with E-state index in [-0.39, 0.29) is 5.91 Å². The first kappa shape index (κ1) is 15.0. The van der Waals surface area contributed by atoms with Crippen LogP contribution in [0, 0.1) is 5.92 Å². The van der Waals surface area contributed by atoms with Crippen molar-refractivity contribution in [3.05, 3.63) is 29.8 Å². The number of carbonyl (C=O) groups is 1. The fourth-order valence-corrected chi connectivity index (χ4v) is 2.93. The zero-order valence-electron chi connectivity index (χ0n) is 12.6. The van der Waals surface area contributed by atoms with Gasteiger partial charge in [-0.05, 0) is 36.8 Å². The van der Waals surface area contributed by atoms with Gasteiger partial charge in [0, 0.05) is 25.2 Å². The third-order valence-corrected chi connectivity index (χ3v) is 4.17. The number of amides is 1. The largest absolute Gasteiger partial charge is 0.326 e. The third-order valence-electron chi connectivity index (χ3n) is 4.17. The van der Waals surface area contributed by atoms with Crippen molar-refractivity contribution in [3.63, 3.8) is 0 Å². The summed E-state index contributed by atoms with van der Waals surface area (Å²) in [6.07, 6.45) is 6.55. The van der Waals surface area contributed by atoms with Gasteiger partial charge in [-0.1, -0.05) is 38.0 Å². The molecule has 0 bridgehead atoms. The van der Waals surface area contributed by atoms with Crippen molar-refractivity contribution in [2.45, 2.75) is 58.5 Å². The van der Waals surface area contributed by atoms with Gasteiger partial charge in [-0.25, -0.2) is 0 Å². The lowest BCUT2D eigenvalue weighted by Crippen LogP contribution is -2.28. The van der Waals surface area contributed by atoms with Crippen molar-refractivity contribution in [2.24, 2.45) is 5.92 Å². The van der Waals surface area contributed by atoms with E-state index in [0.717, 1.165) is 18.2 Å². The van der Waals surface area contributed by atoms with E-state index in [2.05, 4.69) is 23.6 Å². The molecule has 1 saturated carbocycles. The highest BCUT2D eigenvalue weighted by molar-refractivity contribution is 5.89. The highest BCUT2D eigenvalue weighted by Crippen LogP contribution is 2.23. The molecule has 1 amide bonds. The van der Waals surface area contributed by atoms with Gasteiger partial charge < -0.3 is 10.6 Å². The van der Waals surface area contributed by atoms with Gasteiger partial charge in [0.2, 0.25) is 5.91 Å². The van der Waals surface area contributed by atoms with Crippen molar-refractivity contribution in [2.75, 3.05) is 5.32 Å². The Morgan fingerprint density at radius 2 is 2.00 bits per heavy atom. The quantitative estimate of drug-likeness (QED) is 0.822. The summed E-state index contributed by atoms with van der Waals surface area (Å²) in [5, 5.41) is 6.56. The Morgan fingerprint density at radius 3 is 2.80 bits per heavy atom. The highest BCUT2D eigenvalue weighted by Gasteiger charge is 2.16. The molecule has 2 atom stereocenters. The molecule has 0 saturated heterocycles. The smallest absolute Gasteiger partial charge is 0.221 e. The third kappa shape index (κ3) is 4.64. The van der Waals surface area contributed by atoms with Crippen LogP contribution in [0.5, 0.6) is 0 Å². The Morgan fingerprint density at radius 1 is 1.20 bits per heavy atom. The molecule has 1 aromatic carbocycles. The van der Waals surface area contributed by atoms with E-state index >= 15 is 0 Å². The summed E-state index contributed by atoms with van der Waals surface area (Å²) in [6, 6.07) is 8.65. The number of rotatable bonds is 4. The van der Waals surface area contributed by atoms with Gasteiger partial charge in [0.25, 0.3) is 0 Å². The van der Waals surface area contributed by atoms with Gasteiger partial charge in [0.05, 0.1) is 0 Å². The van der Waals surface area contributed by atoms with Crippen LogP contribution in [0.4, 0.5) is 5.69 Å². The van der Waals surface area contributed by atoms with Gasteiger partial charge in [0.1, 0.15) is 0 Å². The standard InChI is InChI=1S/C17H26N2O/c1-13-6-5-8-16(11-10-13)18-12-15-7-3-4-9-17(15)19-14(2)20/h3-4,7,9,13,16,18H,5-6,8,10-12H2,1-2H3,(H,19,20). The van der Waals surface area contributed by atoms with Gasteiger partial charge in [-0.3, -0.25) is 4.79 Å². The molecule has 1 aromatic rings. The maximum atomic E-state index is 11.2. The highest BCUT2D eigenvalue weighted by atomic mass is 16.1. The predicted octanol–water partition coefficient (Wildman–Crippen LogP) is 3.70. The van der Waals surface area contributed by atoms with E-state index in [1.54, 1.807) is 6.92 Å². The lowest BCUT2D eigenvalue weighted by Gasteiger charge is -2.18. The summed E-state index contributed by atoms with van der Waals surface area (Å²) in [5.74, 6) is 0.856. The molecular weight excluding hydrogens is 248 g/mol. The Balaban J connectivity index is 1.91. The number of carbonyl (C=O) groups excluding carboxylic acids is 1. The van der Waals surface area contributed by atoms with E-state index in [4.69, 9.17) is 0 Å². The van der Waals surface area contributed by atoms with Crippen LogP contribution in [-0.4, -0.2) is 11.9 Å². The number of hydrogen-bond donors (Lipinski definition) is 2. The normalized spacial score (nSPS) is 23.1. The molecule has 1 aliphatic rings. The summed E-state index contributed by atoms with van der Waals surface area (Å²) in [7, 11) is 0. The average Bonchev–Trinajstić information content (AvgIpc) is 2.62. The number of benzene rings is 1. The van der Waals surface area contributed by atoms with Crippen LogP contribution in [0.3, 0.4) is 0 Å². The first-order chi connectivity index (χ1) is 9.65. The monoisotopic (exact) mass is 274 g/mol. The Bertz CT molecular complexity index is 444. The summed E-state index contributed by atoms with van der Waals surface area (Å²) in [6.45, 7) is 4.74.